The molecule has 1 aromatic heterocycles. The zero-order chi connectivity index (χ0) is 14.0. The van der Waals surface area contributed by atoms with Crippen LogP contribution in [0.1, 0.15) is 21.7 Å². The maximum absolute atomic E-state index is 11.0. The number of carbonyl (C=O) groups is 1. The van der Waals surface area contributed by atoms with Crippen LogP contribution in [0.2, 0.25) is 0 Å². The van der Waals surface area contributed by atoms with E-state index in [1.54, 1.807) is 6.07 Å². The Hall–Kier alpha value is -2.43. The molecule has 1 aromatic carbocycles. The van der Waals surface area contributed by atoms with E-state index in [2.05, 4.69) is 9.97 Å². The van der Waals surface area contributed by atoms with E-state index in [4.69, 9.17) is 9.84 Å². The summed E-state index contributed by atoms with van der Waals surface area (Å²) in [6.45, 7) is 4.01. The van der Waals surface area contributed by atoms with Gasteiger partial charge in [0.15, 0.2) is 0 Å². The molecule has 0 saturated carbocycles. The van der Waals surface area contributed by atoms with Crippen LogP contribution in [0.25, 0.3) is 11.3 Å². The van der Waals surface area contributed by atoms with Gasteiger partial charge in [0.25, 0.3) is 0 Å². The van der Waals surface area contributed by atoms with Gasteiger partial charge in [0.1, 0.15) is 0 Å². The highest BCUT2D eigenvalue weighted by molar-refractivity contribution is 5.84. The first kappa shape index (κ1) is 13.0. The van der Waals surface area contributed by atoms with Crippen molar-refractivity contribution >= 4 is 5.97 Å². The van der Waals surface area contributed by atoms with Crippen LogP contribution in [0.3, 0.4) is 0 Å². The van der Waals surface area contributed by atoms with Gasteiger partial charge in [-0.1, -0.05) is 12.1 Å². The van der Waals surface area contributed by atoms with Crippen molar-refractivity contribution in [2.24, 2.45) is 0 Å². The molecule has 0 bridgehead atoms. The third kappa shape index (κ3) is 2.70. The summed E-state index contributed by atoms with van der Waals surface area (Å²) in [6.07, 6.45) is 0. The number of benzene rings is 1. The fourth-order valence-electron chi connectivity index (χ4n) is 1.67. The fourth-order valence-corrected chi connectivity index (χ4v) is 1.67. The fraction of sp³-hybridized carbons (Fsp3) is 0.214. The normalized spacial score (nSPS) is 10.3. The average molecular weight is 258 g/mol. The molecule has 0 fully saturated rings. The van der Waals surface area contributed by atoms with Gasteiger partial charge in [-0.25, -0.2) is 9.78 Å². The summed E-state index contributed by atoms with van der Waals surface area (Å²) in [5, 5.41) is 8.99. The van der Waals surface area contributed by atoms with E-state index in [1.165, 1.54) is 12.7 Å². The number of carboxylic acid groups (broad SMARTS) is 1. The number of aromatic carboxylic acids is 1. The number of ether oxygens (including phenoxy) is 1. The molecule has 5 heteroatoms. The third-order valence-corrected chi connectivity index (χ3v) is 2.91. The number of nitrogens with zero attached hydrogens (tertiary/aromatic N) is 2. The van der Waals surface area contributed by atoms with E-state index in [1.807, 2.05) is 32.0 Å². The number of methoxy groups -OCH3 is 1. The maximum Gasteiger partial charge on any atom is 0.374 e. The molecule has 1 N–H and O–H groups in total. The van der Waals surface area contributed by atoms with Gasteiger partial charge in [0.2, 0.25) is 11.7 Å². The second-order valence-corrected chi connectivity index (χ2v) is 4.22. The average Bonchev–Trinajstić information content (AvgIpc) is 2.41. The van der Waals surface area contributed by atoms with Crippen LogP contribution in [-0.4, -0.2) is 28.2 Å². The first-order valence-electron chi connectivity index (χ1n) is 5.75. The summed E-state index contributed by atoms with van der Waals surface area (Å²) in [5.74, 6) is -1.21. The minimum absolute atomic E-state index is 0.237. The molecule has 19 heavy (non-hydrogen) atoms. The van der Waals surface area contributed by atoms with Crippen LogP contribution in [-0.2, 0) is 0 Å². The Bertz CT molecular complexity index is 639. The zero-order valence-electron chi connectivity index (χ0n) is 11.0. The van der Waals surface area contributed by atoms with E-state index >= 15 is 0 Å². The highest BCUT2D eigenvalue weighted by Crippen LogP contribution is 2.23. The molecule has 0 amide bonds. The molecule has 0 aliphatic rings. The Morgan fingerprint density at radius 1 is 1.16 bits per heavy atom. The van der Waals surface area contributed by atoms with Crippen molar-refractivity contribution in [3.8, 4) is 17.1 Å². The second kappa shape index (κ2) is 5.06. The van der Waals surface area contributed by atoms with Crippen molar-refractivity contribution in [2.75, 3.05) is 7.11 Å². The first-order chi connectivity index (χ1) is 9.01. The van der Waals surface area contributed by atoms with Crippen LogP contribution >= 0.6 is 0 Å². The summed E-state index contributed by atoms with van der Waals surface area (Å²) in [5.41, 5.74) is 3.66. The quantitative estimate of drug-likeness (QED) is 0.915. The highest BCUT2D eigenvalue weighted by atomic mass is 16.5. The molecule has 0 saturated heterocycles. The van der Waals surface area contributed by atoms with E-state index in [-0.39, 0.29) is 11.7 Å². The Kier molecular flexibility index (Phi) is 3.46. The molecule has 0 atom stereocenters. The molecule has 1 heterocycles. The van der Waals surface area contributed by atoms with Crippen molar-refractivity contribution in [3.05, 3.63) is 41.2 Å². The molecule has 0 aliphatic heterocycles. The molecule has 0 spiro atoms. The summed E-state index contributed by atoms with van der Waals surface area (Å²) in [4.78, 5) is 18.8. The highest BCUT2D eigenvalue weighted by Gasteiger charge is 2.12. The molecule has 0 radical (unpaired) electrons. The monoisotopic (exact) mass is 258 g/mol. The number of carboxylic acids is 1. The molecular weight excluding hydrogens is 244 g/mol. The minimum atomic E-state index is -1.18. The van der Waals surface area contributed by atoms with Crippen LogP contribution in [0, 0.1) is 13.8 Å². The maximum atomic E-state index is 11.0. The summed E-state index contributed by atoms with van der Waals surface area (Å²) < 4.78 is 5.01. The minimum Gasteiger partial charge on any atom is -0.481 e. The van der Waals surface area contributed by atoms with Crippen LogP contribution in [0.5, 0.6) is 5.88 Å². The van der Waals surface area contributed by atoms with E-state index in [0.717, 1.165) is 11.1 Å². The lowest BCUT2D eigenvalue weighted by atomic mass is 10.0. The predicted octanol–water partition coefficient (Wildman–Crippen LogP) is 2.47. The largest absolute Gasteiger partial charge is 0.481 e. The predicted molar refractivity (Wildman–Crippen MR) is 70.5 cm³/mol. The lowest BCUT2D eigenvalue weighted by Gasteiger charge is -2.07. The van der Waals surface area contributed by atoms with Crippen LogP contribution in [0.4, 0.5) is 0 Å². The summed E-state index contributed by atoms with van der Waals surface area (Å²) in [6, 6.07) is 7.45. The van der Waals surface area contributed by atoms with Crippen molar-refractivity contribution < 1.29 is 14.6 Å². The van der Waals surface area contributed by atoms with Gasteiger partial charge in [-0.15, -0.1) is 0 Å². The molecule has 2 aromatic rings. The van der Waals surface area contributed by atoms with E-state index in [0.29, 0.717) is 5.69 Å². The van der Waals surface area contributed by atoms with Crippen molar-refractivity contribution in [1.82, 2.24) is 9.97 Å². The van der Waals surface area contributed by atoms with Gasteiger partial charge in [-0.3, -0.25) is 0 Å². The summed E-state index contributed by atoms with van der Waals surface area (Å²) in [7, 11) is 1.44. The number of hydrogen-bond donors (Lipinski definition) is 1. The number of hydrogen-bond acceptors (Lipinski definition) is 4. The SMILES string of the molecule is COc1cc(-c2ccc(C)c(C)c2)nc(C(=O)O)n1. The smallest absolute Gasteiger partial charge is 0.374 e. The first-order valence-corrected chi connectivity index (χ1v) is 5.75. The Labute approximate surface area is 110 Å². The lowest BCUT2D eigenvalue weighted by molar-refractivity contribution is 0.0682. The van der Waals surface area contributed by atoms with Crippen molar-refractivity contribution in [3.63, 3.8) is 0 Å². The topological polar surface area (TPSA) is 72.3 Å². The Morgan fingerprint density at radius 3 is 2.47 bits per heavy atom. The van der Waals surface area contributed by atoms with Gasteiger partial charge >= 0.3 is 5.97 Å². The number of aromatic nitrogens is 2. The number of rotatable bonds is 3. The second-order valence-electron chi connectivity index (χ2n) is 4.22. The van der Waals surface area contributed by atoms with Crippen molar-refractivity contribution in [1.29, 1.82) is 0 Å². The molecule has 98 valence electrons. The van der Waals surface area contributed by atoms with Crippen LogP contribution < -0.4 is 4.74 Å². The van der Waals surface area contributed by atoms with Gasteiger partial charge in [0, 0.05) is 11.6 Å². The standard InChI is InChI=1S/C14H14N2O3/c1-8-4-5-10(6-9(8)2)11-7-12(19-3)16-13(15-11)14(17)18/h4-7H,1-3H3,(H,17,18). The Morgan fingerprint density at radius 2 is 1.89 bits per heavy atom. The summed E-state index contributed by atoms with van der Waals surface area (Å²) >= 11 is 0. The van der Waals surface area contributed by atoms with Gasteiger partial charge in [-0.2, -0.15) is 4.98 Å². The molecular formula is C14H14N2O3. The van der Waals surface area contributed by atoms with Gasteiger partial charge in [0.05, 0.1) is 12.8 Å². The third-order valence-electron chi connectivity index (χ3n) is 2.91. The van der Waals surface area contributed by atoms with Crippen LogP contribution in [0.15, 0.2) is 24.3 Å². The van der Waals surface area contributed by atoms with Gasteiger partial charge in [-0.05, 0) is 31.0 Å². The van der Waals surface area contributed by atoms with E-state index < -0.39 is 5.97 Å². The van der Waals surface area contributed by atoms with Crippen molar-refractivity contribution in [2.45, 2.75) is 13.8 Å². The molecule has 0 unspecified atom stereocenters. The lowest BCUT2D eigenvalue weighted by Crippen LogP contribution is -2.06. The molecule has 0 aliphatic carbocycles. The molecule has 2 rings (SSSR count). The zero-order valence-corrected chi connectivity index (χ0v) is 11.0. The molecule has 5 nitrogen and oxygen atoms in total. The Balaban J connectivity index is 2.57. The number of aryl methyl sites for hydroxylation is 2. The van der Waals surface area contributed by atoms with Gasteiger partial charge < -0.3 is 9.84 Å². The van der Waals surface area contributed by atoms with E-state index in [9.17, 15) is 4.79 Å².